The highest BCUT2D eigenvalue weighted by Crippen LogP contribution is 2.25. The quantitative estimate of drug-likeness (QED) is 0.586. The van der Waals surface area contributed by atoms with Crippen molar-refractivity contribution in [3.63, 3.8) is 0 Å². The van der Waals surface area contributed by atoms with E-state index in [1.165, 1.54) is 19.1 Å². The maximum Gasteiger partial charge on any atom is 0.206 e. The van der Waals surface area contributed by atoms with Crippen LogP contribution in [0, 0.1) is 0 Å². The lowest BCUT2D eigenvalue weighted by atomic mass is 10.2. The van der Waals surface area contributed by atoms with E-state index in [9.17, 15) is 13.2 Å². The molecule has 0 fully saturated rings. The third kappa shape index (κ3) is 3.78. The lowest BCUT2D eigenvalue weighted by Gasteiger charge is -2.06. The van der Waals surface area contributed by atoms with E-state index < -0.39 is 9.84 Å². The molecule has 0 amide bonds. The molecule has 0 N–H and O–H groups in total. The molecule has 116 valence electrons. The molecule has 2 aromatic rings. The molecule has 2 aromatic carbocycles. The fourth-order valence-corrected chi connectivity index (χ4v) is 3.97. The average Bonchev–Trinajstić information content (AvgIpc) is 2.53. The first kappa shape index (κ1) is 16.8. The Morgan fingerprint density at radius 2 is 1.45 bits per heavy atom. The van der Waals surface area contributed by atoms with Crippen LogP contribution in [0.25, 0.3) is 0 Å². The summed E-state index contributed by atoms with van der Waals surface area (Å²) in [5.41, 5.74) is 0.505. The molecule has 22 heavy (non-hydrogen) atoms. The molecule has 0 bridgehead atoms. The Kier molecular flexibility index (Phi) is 5.42. The Morgan fingerprint density at radius 1 is 0.955 bits per heavy atom. The highest BCUT2D eigenvalue weighted by molar-refractivity contribution is 7.99. The zero-order chi connectivity index (χ0) is 16.2. The molecule has 0 aliphatic heterocycles. The van der Waals surface area contributed by atoms with Crippen LogP contribution in [-0.4, -0.2) is 20.0 Å². The highest BCUT2D eigenvalue weighted by atomic mass is 32.2. The molecule has 2 rings (SSSR count). The predicted octanol–water partition coefficient (Wildman–Crippen LogP) is 4.22. The third-order valence-electron chi connectivity index (χ3n) is 3.18. The van der Waals surface area contributed by atoms with Gasteiger partial charge in [-0.1, -0.05) is 19.1 Å². The van der Waals surface area contributed by atoms with Crippen LogP contribution in [0.2, 0.25) is 0 Å². The minimum Gasteiger partial charge on any atom is -0.295 e. The fourth-order valence-electron chi connectivity index (χ4n) is 1.94. The minimum atomic E-state index is -3.54. The summed E-state index contributed by atoms with van der Waals surface area (Å²) in [7, 11) is -3.54. The Hall–Kier alpha value is -1.59. The zero-order valence-corrected chi connectivity index (χ0v) is 14.2. The normalized spacial score (nSPS) is 11.4. The first-order valence-electron chi connectivity index (χ1n) is 7.04. The number of rotatable bonds is 6. The monoisotopic (exact) mass is 334 g/mol. The average molecular weight is 334 g/mol. The van der Waals surface area contributed by atoms with Crippen molar-refractivity contribution in [2.45, 2.75) is 35.0 Å². The van der Waals surface area contributed by atoms with Gasteiger partial charge < -0.3 is 0 Å². The predicted molar refractivity (Wildman–Crippen MR) is 89.4 cm³/mol. The molecule has 0 saturated carbocycles. The van der Waals surface area contributed by atoms with Crippen LogP contribution in [0.5, 0.6) is 0 Å². The van der Waals surface area contributed by atoms with Gasteiger partial charge in [0.25, 0.3) is 0 Å². The van der Waals surface area contributed by atoms with E-state index in [4.69, 9.17) is 0 Å². The number of ketones is 1. The lowest BCUT2D eigenvalue weighted by molar-refractivity contribution is 0.101. The molecule has 0 radical (unpaired) electrons. The summed E-state index contributed by atoms with van der Waals surface area (Å²) in [6, 6.07) is 13.0. The number of benzene rings is 2. The smallest absolute Gasteiger partial charge is 0.206 e. The van der Waals surface area contributed by atoms with Crippen LogP contribution in [0.3, 0.4) is 0 Å². The SMILES string of the molecule is CCCSc1ccc(S(=O)(=O)c2ccc(C(C)=O)cc2)cc1. The van der Waals surface area contributed by atoms with Gasteiger partial charge in [-0.2, -0.15) is 0 Å². The first-order valence-corrected chi connectivity index (χ1v) is 9.51. The van der Waals surface area contributed by atoms with Crippen molar-refractivity contribution < 1.29 is 13.2 Å². The molecule has 0 aliphatic rings. The van der Waals surface area contributed by atoms with Crippen LogP contribution in [0.15, 0.2) is 63.2 Å². The van der Waals surface area contributed by atoms with E-state index in [1.54, 1.807) is 36.0 Å². The summed E-state index contributed by atoms with van der Waals surface area (Å²) < 4.78 is 25.1. The van der Waals surface area contributed by atoms with Gasteiger partial charge in [-0.3, -0.25) is 4.79 Å². The summed E-state index contributed by atoms with van der Waals surface area (Å²) in [4.78, 5) is 12.8. The molecule has 0 heterocycles. The number of carbonyl (C=O) groups is 1. The summed E-state index contributed by atoms with van der Waals surface area (Å²) in [6.07, 6.45) is 1.08. The van der Waals surface area contributed by atoms with Gasteiger partial charge in [0.2, 0.25) is 9.84 Å². The molecule has 0 atom stereocenters. The van der Waals surface area contributed by atoms with Crippen molar-refractivity contribution in [3.8, 4) is 0 Å². The van der Waals surface area contributed by atoms with Crippen LogP contribution in [0.4, 0.5) is 0 Å². The molecule has 0 aromatic heterocycles. The lowest BCUT2D eigenvalue weighted by Crippen LogP contribution is -2.02. The molecule has 3 nitrogen and oxygen atoms in total. The van der Waals surface area contributed by atoms with Gasteiger partial charge in [-0.25, -0.2) is 8.42 Å². The summed E-state index contributed by atoms with van der Waals surface area (Å²) in [5.74, 6) is 0.930. The van der Waals surface area contributed by atoms with Gasteiger partial charge in [-0.05, 0) is 55.5 Å². The third-order valence-corrected chi connectivity index (χ3v) is 6.18. The highest BCUT2D eigenvalue weighted by Gasteiger charge is 2.17. The molecular weight excluding hydrogens is 316 g/mol. The van der Waals surface area contributed by atoms with E-state index in [-0.39, 0.29) is 15.6 Å². The van der Waals surface area contributed by atoms with Gasteiger partial charge in [0.15, 0.2) is 5.78 Å². The van der Waals surface area contributed by atoms with Crippen molar-refractivity contribution >= 4 is 27.4 Å². The first-order chi connectivity index (χ1) is 10.4. The van der Waals surface area contributed by atoms with Gasteiger partial charge in [-0.15, -0.1) is 11.8 Å². The van der Waals surface area contributed by atoms with Crippen molar-refractivity contribution in [1.29, 1.82) is 0 Å². The maximum atomic E-state index is 12.5. The van der Waals surface area contributed by atoms with Crippen molar-refractivity contribution in [1.82, 2.24) is 0 Å². The number of sulfone groups is 1. The molecule has 0 spiro atoms. The largest absolute Gasteiger partial charge is 0.295 e. The second-order valence-corrected chi connectivity index (χ2v) is 8.02. The Bertz CT molecular complexity index is 745. The Balaban J connectivity index is 2.27. The Morgan fingerprint density at radius 3 is 1.91 bits per heavy atom. The van der Waals surface area contributed by atoms with E-state index in [2.05, 4.69) is 6.92 Å². The summed E-state index contributed by atoms with van der Waals surface area (Å²) >= 11 is 1.71. The van der Waals surface area contributed by atoms with Crippen LogP contribution < -0.4 is 0 Å². The van der Waals surface area contributed by atoms with E-state index in [0.717, 1.165) is 17.1 Å². The summed E-state index contributed by atoms with van der Waals surface area (Å²) in [6.45, 7) is 3.56. The zero-order valence-electron chi connectivity index (χ0n) is 12.6. The summed E-state index contributed by atoms with van der Waals surface area (Å²) in [5, 5.41) is 0. The van der Waals surface area contributed by atoms with Crippen molar-refractivity contribution in [3.05, 3.63) is 54.1 Å². The number of carbonyl (C=O) groups excluding carboxylic acids is 1. The van der Waals surface area contributed by atoms with Crippen molar-refractivity contribution in [2.75, 3.05) is 5.75 Å². The van der Waals surface area contributed by atoms with E-state index in [1.807, 2.05) is 12.1 Å². The molecule has 0 unspecified atom stereocenters. The second kappa shape index (κ2) is 7.11. The molecular formula is C17H18O3S2. The standard InChI is InChI=1S/C17H18O3S2/c1-3-12-21-15-6-10-17(11-7-15)22(19,20)16-8-4-14(5-9-16)13(2)18/h4-11H,3,12H2,1-2H3. The molecule has 5 heteroatoms. The number of thioether (sulfide) groups is 1. The van der Waals surface area contributed by atoms with E-state index >= 15 is 0 Å². The Labute approximate surface area is 135 Å². The number of Topliss-reactive ketones (excluding diaryl/α,β-unsaturated/α-hetero) is 1. The second-order valence-electron chi connectivity index (χ2n) is 4.90. The minimum absolute atomic E-state index is 0.0822. The van der Waals surface area contributed by atoms with Gasteiger partial charge in [0, 0.05) is 10.5 Å². The number of hydrogen-bond donors (Lipinski definition) is 0. The molecule has 0 aliphatic carbocycles. The van der Waals surface area contributed by atoms with Crippen LogP contribution in [-0.2, 0) is 9.84 Å². The number of hydrogen-bond acceptors (Lipinski definition) is 4. The van der Waals surface area contributed by atoms with Crippen LogP contribution in [0.1, 0.15) is 30.6 Å². The van der Waals surface area contributed by atoms with Gasteiger partial charge in [0.1, 0.15) is 0 Å². The molecule has 0 saturated heterocycles. The van der Waals surface area contributed by atoms with E-state index in [0.29, 0.717) is 5.56 Å². The topological polar surface area (TPSA) is 51.2 Å². The maximum absolute atomic E-state index is 12.5. The van der Waals surface area contributed by atoms with Crippen molar-refractivity contribution in [2.24, 2.45) is 0 Å². The van der Waals surface area contributed by atoms with Crippen LogP contribution >= 0.6 is 11.8 Å². The fraction of sp³-hybridized carbons (Fsp3) is 0.235. The van der Waals surface area contributed by atoms with Gasteiger partial charge in [0.05, 0.1) is 9.79 Å². The van der Waals surface area contributed by atoms with Gasteiger partial charge >= 0.3 is 0 Å².